The van der Waals surface area contributed by atoms with Gasteiger partial charge in [-0.25, -0.2) is 8.42 Å². The maximum Gasteiger partial charge on any atom is 0.232 e. The van der Waals surface area contributed by atoms with Crippen molar-refractivity contribution in [3.05, 3.63) is 59.4 Å². The van der Waals surface area contributed by atoms with Gasteiger partial charge in [0.25, 0.3) is 0 Å². The van der Waals surface area contributed by atoms with Gasteiger partial charge in [-0.1, -0.05) is 23.7 Å². The van der Waals surface area contributed by atoms with Gasteiger partial charge in [-0.15, -0.1) is 0 Å². The second kappa shape index (κ2) is 6.82. The van der Waals surface area contributed by atoms with E-state index in [9.17, 15) is 18.6 Å². The van der Waals surface area contributed by atoms with Gasteiger partial charge in [0, 0.05) is 35.2 Å². The molecule has 7 nitrogen and oxygen atoms in total. The minimum Gasteiger partial charge on any atom is -0.505 e. The van der Waals surface area contributed by atoms with Crippen LogP contribution in [0.2, 0.25) is 5.02 Å². The molecule has 0 spiro atoms. The lowest BCUT2D eigenvalue weighted by atomic mass is 10.1. The first-order chi connectivity index (χ1) is 13.7. The second-order valence-electron chi connectivity index (χ2n) is 6.82. The molecular formula is C20H18ClN3O4S. The van der Waals surface area contributed by atoms with Crippen LogP contribution in [0.25, 0.3) is 21.7 Å². The lowest BCUT2D eigenvalue weighted by Gasteiger charge is -2.20. The van der Waals surface area contributed by atoms with E-state index >= 15 is 0 Å². The van der Waals surface area contributed by atoms with Gasteiger partial charge in [0.2, 0.25) is 15.9 Å². The summed E-state index contributed by atoms with van der Waals surface area (Å²) in [7, 11) is -2.17. The molecule has 9 heteroatoms. The zero-order valence-electron chi connectivity index (χ0n) is 15.7. The highest BCUT2D eigenvalue weighted by molar-refractivity contribution is 7.92. The molecule has 0 aliphatic heterocycles. The topological polar surface area (TPSA) is 95.7 Å². The lowest BCUT2D eigenvalue weighted by Crippen LogP contribution is -2.25. The summed E-state index contributed by atoms with van der Waals surface area (Å²) in [5, 5.41) is 23.3. The summed E-state index contributed by atoms with van der Waals surface area (Å²) in [5.41, 5.74) is 1.43. The van der Waals surface area contributed by atoms with Crippen molar-refractivity contribution in [3.8, 4) is 11.6 Å². The third-order valence-electron chi connectivity index (χ3n) is 4.91. The Hall–Kier alpha value is -2.97. The molecule has 0 atom stereocenters. The average molecular weight is 432 g/mol. The molecular weight excluding hydrogens is 414 g/mol. The van der Waals surface area contributed by atoms with Crippen molar-refractivity contribution in [2.75, 3.05) is 17.6 Å². The molecule has 4 rings (SSSR count). The van der Waals surface area contributed by atoms with Gasteiger partial charge >= 0.3 is 0 Å². The van der Waals surface area contributed by atoms with Crippen LogP contribution in [0, 0.1) is 0 Å². The Morgan fingerprint density at radius 1 is 1.14 bits per heavy atom. The van der Waals surface area contributed by atoms with E-state index in [1.165, 1.54) is 13.2 Å². The van der Waals surface area contributed by atoms with Crippen LogP contribution in [0.5, 0.6) is 11.6 Å². The number of phenolic OH excluding ortho intramolecular Hbond substituents is 1. The number of hydrogen-bond donors (Lipinski definition) is 2. The van der Waals surface area contributed by atoms with E-state index < -0.39 is 10.0 Å². The van der Waals surface area contributed by atoms with Crippen LogP contribution >= 0.6 is 11.6 Å². The van der Waals surface area contributed by atoms with Crippen LogP contribution in [0.3, 0.4) is 0 Å². The summed E-state index contributed by atoms with van der Waals surface area (Å²) in [4.78, 5) is 4.19. The SMILES string of the molecule is CN(c1c2cccnc2c(O)c2c(O)n(Cc3ccc(Cl)cc3)cc12)S(C)(=O)=O. The third kappa shape index (κ3) is 3.24. The van der Waals surface area contributed by atoms with Crippen LogP contribution in [-0.4, -0.2) is 41.5 Å². The first-order valence-corrected chi connectivity index (χ1v) is 10.9. The number of pyridine rings is 1. The quantitative estimate of drug-likeness (QED) is 0.513. The van der Waals surface area contributed by atoms with Gasteiger partial charge in [0.05, 0.1) is 23.9 Å². The number of nitrogens with zero attached hydrogens (tertiary/aromatic N) is 3. The predicted octanol–water partition coefficient (Wildman–Crippen LogP) is 3.70. The number of sulfonamides is 1. The molecule has 0 saturated heterocycles. The number of phenols is 1. The van der Waals surface area contributed by atoms with Gasteiger partial charge in [-0.2, -0.15) is 0 Å². The minimum atomic E-state index is -3.60. The molecule has 0 fully saturated rings. The Labute approximate surface area is 172 Å². The van der Waals surface area contributed by atoms with E-state index in [4.69, 9.17) is 11.6 Å². The highest BCUT2D eigenvalue weighted by atomic mass is 35.5. The first kappa shape index (κ1) is 19.4. The van der Waals surface area contributed by atoms with Gasteiger partial charge < -0.3 is 14.8 Å². The molecule has 0 radical (unpaired) electrons. The standard InChI is InChI=1S/C20H18ClN3O4S/c1-23(29(2,27)28)18-14-4-3-9-22-17(14)19(25)16-15(18)11-24(20(16)26)10-12-5-7-13(21)8-6-12/h3-9,11,25-26H,10H2,1-2H3. The molecule has 0 aliphatic carbocycles. The van der Waals surface area contributed by atoms with Gasteiger partial charge in [-0.3, -0.25) is 9.29 Å². The number of anilines is 1. The second-order valence-corrected chi connectivity index (χ2v) is 9.27. The first-order valence-electron chi connectivity index (χ1n) is 8.68. The fourth-order valence-electron chi connectivity index (χ4n) is 3.42. The lowest BCUT2D eigenvalue weighted by molar-refractivity contribution is 0.425. The molecule has 2 N–H and O–H groups in total. The van der Waals surface area contributed by atoms with Gasteiger partial charge in [0.15, 0.2) is 5.75 Å². The van der Waals surface area contributed by atoms with Crippen molar-refractivity contribution in [2.45, 2.75) is 6.54 Å². The van der Waals surface area contributed by atoms with Gasteiger partial charge in [-0.05, 0) is 29.8 Å². The highest BCUT2D eigenvalue weighted by Gasteiger charge is 2.25. The van der Waals surface area contributed by atoms with Crippen LogP contribution in [0.4, 0.5) is 5.69 Å². The number of aromatic hydroxyl groups is 2. The predicted molar refractivity (Wildman–Crippen MR) is 114 cm³/mol. The molecule has 0 unspecified atom stereocenters. The summed E-state index contributed by atoms with van der Waals surface area (Å²) in [6.45, 7) is 0.308. The Morgan fingerprint density at radius 3 is 2.48 bits per heavy atom. The average Bonchev–Trinajstić information content (AvgIpc) is 2.99. The van der Waals surface area contributed by atoms with Crippen LogP contribution < -0.4 is 4.31 Å². The van der Waals surface area contributed by atoms with Crippen molar-refractivity contribution in [1.29, 1.82) is 0 Å². The Kier molecular flexibility index (Phi) is 4.55. The highest BCUT2D eigenvalue weighted by Crippen LogP contribution is 2.46. The maximum atomic E-state index is 12.3. The van der Waals surface area contributed by atoms with E-state index in [1.807, 2.05) is 12.1 Å². The van der Waals surface area contributed by atoms with E-state index in [2.05, 4.69) is 4.98 Å². The molecule has 4 aromatic rings. The van der Waals surface area contributed by atoms with Crippen LogP contribution in [0.15, 0.2) is 48.8 Å². The molecule has 2 heterocycles. The molecule has 0 bridgehead atoms. The molecule has 150 valence electrons. The monoisotopic (exact) mass is 431 g/mol. The Bertz CT molecular complexity index is 1350. The molecule has 2 aromatic carbocycles. The number of fused-ring (bicyclic) bond motifs is 2. The summed E-state index contributed by atoms with van der Waals surface area (Å²) < 4.78 is 27.2. The third-order valence-corrected chi connectivity index (χ3v) is 6.34. The zero-order valence-corrected chi connectivity index (χ0v) is 17.2. The number of aromatic nitrogens is 2. The molecule has 29 heavy (non-hydrogen) atoms. The van der Waals surface area contributed by atoms with Crippen LogP contribution in [-0.2, 0) is 16.6 Å². The van der Waals surface area contributed by atoms with E-state index in [-0.39, 0.29) is 22.5 Å². The summed E-state index contributed by atoms with van der Waals surface area (Å²) >= 11 is 5.93. The summed E-state index contributed by atoms with van der Waals surface area (Å²) in [5.74, 6) is -0.378. The van der Waals surface area contributed by atoms with Gasteiger partial charge in [0.1, 0.15) is 5.52 Å². The van der Waals surface area contributed by atoms with E-state index in [0.717, 1.165) is 16.1 Å². The number of halogens is 1. The number of benzene rings is 2. The van der Waals surface area contributed by atoms with Crippen molar-refractivity contribution in [2.24, 2.45) is 0 Å². The van der Waals surface area contributed by atoms with E-state index in [0.29, 0.717) is 28.0 Å². The Morgan fingerprint density at radius 2 is 1.83 bits per heavy atom. The normalized spacial score (nSPS) is 12.0. The van der Waals surface area contributed by atoms with Crippen molar-refractivity contribution in [3.63, 3.8) is 0 Å². The van der Waals surface area contributed by atoms with Crippen molar-refractivity contribution >= 4 is 49.0 Å². The fraction of sp³-hybridized carbons (Fsp3) is 0.150. The van der Waals surface area contributed by atoms with Crippen molar-refractivity contribution < 1.29 is 18.6 Å². The number of rotatable bonds is 4. The van der Waals surface area contributed by atoms with Crippen LogP contribution in [0.1, 0.15) is 5.56 Å². The minimum absolute atomic E-state index is 0.149. The summed E-state index contributed by atoms with van der Waals surface area (Å²) in [6, 6.07) is 10.5. The van der Waals surface area contributed by atoms with Crippen molar-refractivity contribution in [1.82, 2.24) is 9.55 Å². The smallest absolute Gasteiger partial charge is 0.232 e. The Balaban J connectivity index is 2.03. The fourth-order valence-corrected chi connectivity index (χ4v) is 4.07. The zero-order chi connectivity index (χ0) is 20.9. The number of hydrogen-bond acceptors (Lipinski definition) is 5. The van der Waals surface area contributed by atoms with E-state index in [1.54, 1.807) is 35.0 Å². The molecule has 0 amide bonds. The molecule has 0 saturated carbocycles. The molecule has 0 aliphatic rings. The molecule has 2 aromatic heterocycles. The maximum absolute atomic E-state index is 12.3. The summed E-state index contributed by atoms with van der Waals surface area (Å²) in [6.07, 6.45) is 4.22. The largest absolute Gasteiger partial charge is 0.505 e.